The Morgan fingerprint density at radius 2 is 1.33 bits per heavy atom. The summed E-state index contributed by atoms with van der Waals surface area (Å²) >= 11 is 0. The standard InChI is InChI=1S/C24H39NO5/c1-2-3-4-5-6-7-8-9-10-11-12-13-14-15-18-30-24(29)25-20-16-17-22(26)21(19-20)23(27)28/h16-17,19,26H,2-15,18H2,1H3,(H,25,29)(H,27,28). The van der Waals surface area contributed by atoms with Crippen LogP contribution in [-0.2, 0) is 4.74 Å². The number of unbranched alkanes of at least 4 members (excludes halogenated alkanes) is 13. The second-order valence-electron chi connectivity index (χ2n) is 7.89. The zero-order valence-electron chi connectivity index (χ0n) is 18.5. The lowest BCUT2D eigenvalue weighted by molar-refractivity contribution is 0.0693. The van der Waals surface area contributed by atoms with E-state index in [0.717, 1.165) is 19.3 Å². The topological polar surface area (TPSA) is 95.9 Å². The van der Waals surface area contributed by atoms with Crippen LogP contribution in [0.3, 0.4) is 0 Å². The van der Waals surface area contributed by atoms with Gasteiger partial charge < -0.3 is 14.9 Å². The molecule has 1 aromatic rings. The summed E-state index contributed by atoms with van der Waals surface area (Å²) in [4.78, 5) is 22.8. The Bertz CT molecular complexity index is 618. The fourth-order valence-corrected chi connectivity index (χ4v) is 3.40. The summed E-state index contributed by atoms with van der Waals surface area (Å²) in [5.74, 6) is -1.60. The number of carbonyl (C=O) groups excluding carboxylic acids is 1. The predicted molar refractivity (Wildman–Crippen MR) is 120 cm³/mol. The van der Waals surface area contributed by atoms with Crippen molar-refractivity contribution < 1.29 is 24.5 Å². The van der Waals surface area contributed by atoms with Gasteiger partial charge in [-0.05, 0) is 24.6 Å². The minimum Gasteiger partial charge on any atom is -0.507 e. The molecule has 0 atom stereocenters. The first kappa shape index (κ1) is 25.8. The molecule has 0 heterocycles. The number of anilines is 1. The number of carboxylic acid groups (broad SMARTS) is 1. The third kappa shape index (κ3) is 12.3. The number of carbonyl (C=O) groups is 2. The third-order valence-electron chi connectivity index (χ3n) is 5.20. The molecule has 0 aromatic heterocycles. The molecule has 6 heteroatoms. The Hall–Kier alpha value is -2.24. The number of amides is 1. The van der Waals surface area contributed by atoms with Gasteiger partial charge in [-0.3, -0.25) is 5.32 Å². The van der Waals surface area contributed by atoms with Crippen LogP contribution in [0.15, 0.2) is 18.2 Å². The van der Waals surface area contributed by atoms with Crippen molar-refractivity contribution in [2.24, 2.45) is 0 Å². The Kier molecular flexibility index (Phi) is 14.2. The van der Waals surface area contributed by atoms with Gasteiger partial charge >= 0.3 is 12.1 Å². The second kappa shape index (κ2) is 16.5. The highest BCUT2D eigenvalue weighted by Crippen LogP contribution is 2.21. The summed E-state index contributed by atoms with van der Waals surface area (Å²) in [7, 11) is 0. The summed E-state index contributed by atoms with van der Waals surface area (Å²) in [5.41, 5.74) is 0.0101. The summed E-state index contributed by atoms with van der Waals surface area (Å²) < 4.78 is 5.12. The molecule has 0 aliphatic heterocycles. The van der Waals surface area contributed by atoms with E-state index < -0.39 is 12.1 Å². The van der Waals surface area contributed by atoms with Gasteiger partial charge in [0.2, 0.25) is 0 Å². The number of hydrogen-bond donors (Lipinski definition) is 3. The first-order chi connectivity index (χ1) is 14.5. The van der Waals surface area contributed by atoms with Crippen molar-refractivity contribution in [3.63, 3.8) is 0 Å². The highest BCUT2D eigenvalue weighted by atomic mass is 16.5. The molecule has 1 aromatic carbocycles. The smallest absolute Gasteiger partial charge is 0.411 e. The molecular formula is C24H39NO5. The maximum absolute atomic E-state index is 11.8. The van der Waals surface area contributed by atoms with Crippen LogP contribution in [0, 0.1) is 0 Å². The normalized spacial score (nSPS) is 10.7. The SMILES string of the molecule is CCCCCCCCCCCCCCCCOC(=O)Nc1ccc(O)c(C(=O)O)c1. The molecule has 0 unspecified atom stereocenters. The van der Waals surface area contributed by atoms with E-state index in [-0.39, 0.29) is 17.0 Å². The van der Waals surface area contributed by atoms with Crippen molar-refractivity contribution in [2.45, 2.75) is 96.8 Å². The number of rotatable bonds is 17. The van der Waals surface area contributed by atoms with Gasteiger partial charge in [-0.15, -0.1) is 0 Å². The van der Waals surface area contributed by atoms with Crippen molar-refractivity contribution in [1.82, 2.24) is 0 Å². The van der Waals surface area contributed by atoms with Crippen LogP contribution >= 0.6 is 0 Å². The van der Waals surface area contributed by atoms with E-state index in [2.05, 4.69) is 12.2 Å². The Morgan fingerprint density at radius 1 is 0.833 bits per heavy atom. The molecule has 0 radical (unpaired) electrons. The van der Waals surface area contributed by atoms with Crippen LogP contribution in [0.4, 0.5) is 10.5 Å². The quantitative estimate of drug-likeness (QED) is 0.184. The molecule has 0 aliphatic rings. The molecule has 0 saturated carbocycles. The average molecular weight is 422 g/mol. The fourth-order valence-electron chi connectivity index (χ4n) is 3.40. The Morgan fingerprint density at radius 3 is 1.83 bits per heavy atom. The Balaban J connectivity index is 1.95. The van der Waals surface area contributed by atoms with Crippen molar-refractivity contribution >= 4 is 17.7 Å². The number of benzene rings is 1. The van der Waals surface area contributed by atoms with Crippen LogP contribution in [0.5, 0.6) is 5.75 Å². The molecular weight excluding hydrogens is 382 g/mol. The Labute approximate surface area is 181 Å². The fraction of sp³-hybridized carbons (Fsp3) is 0.667. The number of ether oxygens (including phenoxy) is 1. The van der Waals surface area contributed by atoms with E-state index in [0.29, 0.717) is 6.61 Å². The summed E-state index contributed by atoms with van der Waals surface area (Å²) in [6, 6.07) is 3.85. The van der Waals surface area contributed by atoms with Crippen molar-refractivity contribution in [3.8, 4) is 5.75 Å². The van der Waals surface area contributed by atoms with Crippen molar-refractivity contribution in [2.75, 3.05) is 11.9 Å². The molecule has 0 spiro atoms. The monoisotopic (exact) mass is 421 g/mol. The minimum absolute atomic E-state index is 0.264. The molecule has 0 saturated heterocycles. The average Bonchev–Trinajstić information content (AvgIpc) is 2.72. The molecule has 0 fully saturated rings. The number of hydrogen-bond acceptors (Lipinski definition) is 4. The van der Waals surface area contributed by atoms with E-state index in [1.165, 1.54) is 88.8 Å². The van der Waals surface area contributed by atoms with E-state index in [1.807, 2.05) is 0 Å². The first-order valence-corrected chi connectivity index (χ1v) is 11.5. The molecule has 1 rings (SSSR count). The first-order valence-electron chi connectivity index (χ1n) is 11.5. The molecule has 30 heavy (non-hydrogen) atoms. The van der Waals surface area contributed by atoms with E-state index >= 15 is 0 Å². The van der Waals surface area contributed by atoms with Crippen LogP contribution < -0.4 is 5.32 Å². The third-order valence-corrected chi connectivity index (χ3v) is 5.20. The highest BCUT2D eigenvalue weighted by Gasteiger charge is 2.11. The molecule has 6 nitrogen and oxygen atoms in total. The maximum Gasteiger partial charge on any atom is 0.411 e. The van der Waals surface area contributed by atoms with Gasteiger partial charge in [0, 0.05) is 5.69 Å². The van der Waals surface area contributed by atoms with Gasteiger partial charge in [-0.1, -0.05) is 90.4 Å². The lowest BCUT2D eigenvalue weighted by atomic mass is 10.0. The zero-order valence-corrected chi connectivity index (χ0v) is 18.5. The van der Waals surface area contributed by atoms with Crippen LogP contribution in [-0.4, -0.2) is 28.9 Å². The van der Waals surface area contributed by atoms with Gasteiger partial charge in [0.05, 0.1) is 6.61 Å². The second-order valence-corrected chi connectivity index (χ2v) is 7.89. The lowest BCUT2D eigenvalue weighted by Crippen LogP contribution is -2.14. The highest BCUT2D eigenvalue weighted by molar-refractivity contribution is 5.93. The number of nitrogens with one attached hydrogen (secondary N) is 1. The van der Waals surface area contributed by atoms with Crippen LogP contribution in [0.25, 0.3) is 0 Å². The number of aromatic hydroxyl groups is 1. The van der Waals surface area contributed by atoms with Gasteiger partial charge in [-0.2, -0.15) is 0 Å². The van der Waals surface area contributed by atoms with Crippen LogP contribution in [0.1, 0.15) is 107 Å². The number of aromatic carboxylic acids is 1. The molecule has 170 valence electrons. The minimum atomic E-state index is -1.26. The molecule has 0 aliphatic carbocycles. The number of carboxylic acids is 1. The van der Waals surface area contributed by atoms with Crippen molar-refractivity contribution in [1.29, 1.82) is 0 Å². The van der Waals surface area contributed by atoms with Gasteiger partial charge in [-0.25, -0.2) is 9.59 Å². The zero-order chi connectivity index (χ0) is 22.0. The lowest BCUT2D eigenvalue weighted by Gasteiger charge is -2.08. The summed E-state index contributed by atoms with van der Waals surface area (Å²) in [6.45, 7) is 2.59. The van der Waals surface area contributed by atoms with Gasteiger partial charge in [0.15, 0.2) is 0 Å². The summed E-state index contributed by atoms with van der Waals surface area (Å²) in [6.07, 6.45) is 17.2. The molecule has 1 amide bonds. The molecule has 0 bridgehead atoms. The van der Waals surface area contributed by atoms with E-state index in [1.54, 1.807) is 0 Å². The van der Waals surface area contributed by atoms with E-state index in [9.17, 15) is 14.7 Å². The molecule has 3 N–H and O–H groups in total. The van der Waals surface area contributed by atoms with Gasteiger partial charge in [0.25, 0.3) is 0 Å². The largest absolute Gasteiger partial charge is 0.507 e. The summed E-state index contributed by atoms with van der Waals surface area (Å²) in [5, 5.41) is 20.9. The predicted octanol–water partition coefficient (Wildman–Crippen LogP) is 7.12. The van der Waals surface area contributed by atoms with Crippen LogP contribution in [0.2, 0.25) is 0 Å². The maximum atomic E-state index is 11.8. The van der Waals surface area contributed by atoms with Crippen molar-refractivity contribution in [3.05, 3.63) is 23.8 Å². The number of phenols is 1. The van der Waals surface area contributed by atoms with Gasteiger partial charge in [0.1, 0.15) is 11.3 Å². The van der Waals surface area contributed by atoms with E-state index in [4.69, 9.17) is 9.84 Å².